The number of hydrogen-bond acceptors (Lipinski definition) is 3. The van der Waals surface area contributed by atoms with Crippen LogP contribution in [-0.4, -0.2) is 15.0 Å². The van der Waals surface area contributed by atoms with Crippen molar-refractivity contribution < 1.29 is 0 Å². The largest absolute Gasteiger partial charge is 0.338 e. The summed E-state index contributed by atoms with van der Waals surface area (Å²) < 4.78 is 0. The van der Waals surface area contributed by atoms with Crippen molar-refractivity contribution in [2.75, 3.05) is 0 Å². The van der Waals surface area contributed by atoms with E-state index in [2.05, 4.69) is 15.0 Å². The Kier molecular flexibility index (Phi) is 2.74. The fourth-order valence-electron chi connectivity index (χ4n) is 1.87. The summed E-state index contributed by atoms with van der Waals surface area (Å²) in [5.74, 6) is 0.773. The summed E-state index contributed by atoms with van der Waals surface area (Å²) >= 11 is 6.10. The van der Waals surface area contributed by atoms with E-state index in [1.807, 2.05) is 30.3 Å². The van der Waals surface area contributed by atoms with Crippen molar-refractivity contribution in [3.8, 4) is 11.4 Å². The number of nitrogens with zero attached hydrogens (tertiary/aromatic N) is 2. The van der Waals surface area contributed by atoms with Crippen molar-refractivity contribution in [3.63, 3.8) is 0 Å². The molecule has 0 fully saturated rings. The summed E-state index contributed by atoms with van der Waals surface area (Å²) in [7, 11) is 0. The number of H-pyrrole nitrogens is 1. The Morgan fingerprint density at radius 1 is 1.28 bits per heavy atom. The molecule has 0 saturated heterocycles. The van der Waals surface area contributed by atoms with E-state index < -0.39 is 0 Å². The molecule has 0 bridgehead atoms. The van der Waals surface area contributed by atoms with Crippen LogP contribution in [0.15, 0.2) is 36.5 Å². The quantitative estimate of drug-likeness (QED) is 0.743. The number of pyridine rings is 1. The minimum absolute atomic E-state index is 0.412. The van der Waals surface area contributed by atoms with E-state index >= 15 is 0 Å². The van der Waals surface area contributed by atoms with Crippen molar-refractivity contribution >= 4 is 22.6 Å². The van der Waals surface area contributed by atoms with Crippen LogP contribution in [0, 0.1) is 0 Å². The van der Waals surface area contributed by atoms with Gasteiger partial charge in [0, 0.05) is 18.3 Å². The van der Waals surface area contributed by atoms with Crippen molar-refractivity contribution in [1.29, 1.82) is 0 Å². The predicted molar refractivity (Wildman–Crippen MR) is 72.2 cm³/mol. The van der Waals surface area contributed by atoms with Crippen molar-refractivity contribution in [2.24, 2.45) is 5.73 Å². The Labute approximate surface area is 109 Å². The van der Waals surface area contributed by atoms with Crippen LogP contribution in [0.3, 0.4) is 0 Å². The topological polar surface area (TPSA) is 67.6 Å². The lowest BCUT2D eigenvalue weighted by Gasteiger charge is -1.99. The van der Waals surface area contributed by atoms with Crippen LogP contribution in [0.5, 0.6) is 0 Å². The zero-order chi connectivity index (χ0) is 12.5. The zero-order valence-electron chi connectivity index (χ0n) is 9.52. The summed E-state index contributed by atoms with van der Waals surface area (Å²) in [5.41, 5.74) is 9.07. The van der Waals surface area contributed by atoms with Crippen molar-refractivity contribution in [2.45, 2.75) is 6.54 Å². The SMILES string of the molecule is NCc1cc(-c2nc3c(Cl)cccc3[nH]2)ccn1. The van der Waals surface area contributed by atoms with Gasteiger partial charge in [-0.3, -0.25) is 4.98 Å². The third-order valence-electron chi connectivity index (χ3n) is 2.76. The number of halogens is 1. The summed E-state index contributed by atoms with van der Waals surface area (Å²) in [6.45, 7) is 0.412. The first-order valence-corrected chi connectivity index (χ1v) is 5.95. The van der Waals surface area contributed by atoms with Crippen molar-refractivity contribution in [3.05, 3.63) is 47.2 Å². The van der Waals surface area contributed by atoms with Crippen LogP contribution in [0.2, 0.25) is 5.02 Å². The summed E-state index contributed by atoms with van der Waals surface area (Å²) in [5, 5.41) is 0.642. The molecule has 5 heteroatoms. The molecule has 0 atom stereocenters. The Morgan fingerprint density at radius 2 is 2.17 bits per heavy atom. The number of aromatic amines is 1. The zero-order valence-corrected chi connectivity index (χ0v) is 10.3. The first-order chi connectivity index (χ1) is 8.78. The number of imidazole rings is 1. The molecule has 2 heterocycles. The predicted octanol–water partition coefficient (Wildman–Crippen LogP) is 2.74. The molecular formula is C13H11ClN4. The molecule has 0 radical (unpaired) electrons. The van der Waals surface area contributed by atoms with Gasteiger partial charge in [-0.2, -0.15) is 0 Å². The summed E-state index contributed by atoms with van der Waals surface area (Å²) in [6, 6.07) is 9.48. The highest BCUT2D eigenvalue weighted by atomic mass is 35.5. The number of rotatable bonds is 2. The van der Waals surface area contributed by atoms with Gasteiger partial charge >= 0.3 is 0 Å². The van der Waals surface area contributed by atoms with Crippen molar-refractivity contribution in [1.82, 2.24) is 15.0 Å². The van der Waals surface area contributed by atoms with E-state index in [9.17, 15) is 0 Å². The van der Waals surface area contributed by atoms with Gasteiger partial charge in [-0.05, 0) is 24.3 Å². The van der Waals surface area contributed by atoms with E-state index in [4.69, 9.17) is 17.3 Å². The normalized spacial score (nSPS) is 11.0. The highest BCUT2D eigenvalue weighted by Crippen LogP contribution is 2.25. The first kappa shape index (κ1) is 11.2. The number of benzene rings is 1. The average molecular weight is 259 g/mol. The minimum atomic E-state index is 0.412. The fraction of sp³-hybridized carbons (Fsp3) is 0.0769. The highest BCUT2D eigenvalue weighted by Gasteiger charge is 2.08. The van der Waals surface area contributed by atoms with Gasteiger partial charge in [0.25, 0.3) is 0 Å². The number of nitrogens with two attached hydrogens (primary N) is 1. The fourth-order valence-corrected chi connectivity index (χ4v) is 2.09. The summed E-state index contributed by atoms with van der Waals surface area (Å²) in [4.78, 5) is 11.9. The molecule has 0 unspecified atom stereocenters. The lowest BCUT2D eigenvalue weighted by atomic mass is 10.2. The lowest BCUT2D eigenvalue weighted by Crippen LogP contribution is -1.99. The molecule has 0 aliphatic rings. The maximum absolute atomic E-state index is 6.10. The molecule has 3 rings (SSSR count). The van der Waals surface area contributed by atoms with Gasteiger partial charge in [0.05, 0.1) is 16.2 Å². The molecule has 90 valence electrons. The Morgan fingerprint density at radius 3 is 2.94 bits per heavy atom. The highest BCUT2D eigenvalue weighted by molar-refractivity contribution is 6.34. The Bertz CT molecular complexity index is 705. The first-order valence-electron chi connectivity index (χ1n) is 5.57. The number of para-hydroxylation sites is 1. The van der Waals surface area contributed by atoms with E-state index in [1.54, 1.807) is 6.20 Å². The molecule has 2 aromatic heterocycles. The van der Waals surface area contributed by atoms with E-state index in [0.29, 0.717) is 11.6 Å². The van der Waals surface area contributed by atoms with Gasteiger partial charge in [0.15, 0.2) is 0 Å². The molecule has 18 heavy (non-hydrogen) atoms. The molecule has 0 aliphatic carbocycles. The second-order valence-electron chi connectivity index (χ2n) is 3.96. The van der Waals surface area contributed by atoms with E-state index in [0.717, 1.165) is 28.1 Å². The van der Waals surface area contributed by atoms with Crippen LogP contribution < -0.4 is 5.73 Å². The average Bonchev–Trinajstić information content (AvgIpc) is 2.84. The third-order valence-corrected chi connectivity index (χ3v) is 3.07. The minimum Gasteiger partial charge on any atom is -0.338 e. The Hall–Kier alpha value is -1.91. The Balaban J connectivity index is 2.16. The third kappa shape index (κ3) is 1.85. The molecule has 0 aliphatic heterocycles. The van der Waals surface area contributed by atoms with E-state index in [1.165, 1.54) is 0 Å². The molecule has 0 saturated carbocycles. The van der Waals surface area contributed by atoms with Crippen LogP contribution in [0.1, 0.15) is 5.69 Å². The molecule has 0 amide bonds. The van der Waals surface area contributed by atoms with Crippen LogP contribution in [0.25, 0.3) is 22.4 Å². The molecule has 0 spiro atoms. The second kappa shape index (κ2) is 4.40. The maximum Gasteiger partial charge on any atom is 0.138 e. The summed E-state index contributed by atoms with van der Waals surface area (Å²) in [6.07, 6.45) is 1.73. The molecule has 4 nitrogen and oxygen atoms in total. The number of aromatic nitrogens is 3. The lowest BCUT2D eigenvalue weighted by molar-refractivity contribution is 0.990. The number of nitrogens with one attached hydrogen (secondary N) is 1. The molecule has 3 aromatic rings. The van der Waals surface area contributed by atoms with Gasteiger partial charge in [-0.1, -0.05) is 17.7 Å². The molecule has 3 N–H and O–H groups in total. The van der Waals surface area contributed by atoms with Gasteiger partial charge in [0.2, 0.25) is 0 Å². The molecule has 1 aromatic carbocycles. The van der Waals surface area contributed by atoms with Crippen LogP contribution in [0.4, 0.5) is 0 Å². The smallest absolute Gasteiger partial charge is 0.138 e. The standard InChI is InChI=1S/C13H11ClN4/c14-10-2-1-3-11-12(10)18-13(17-11)8-4-5-16-9(6-8)7-15/h1-6H,7,15H2,(H,17,18). The van der Waals surface area contributed by atoms with E-state index in [-0.39, 0.29) is 0 Å². The van der Waals surface area contributed by atoms with Gasteiger partial charge in [-0.25, -0.2) is 4.98 Å². The number of hydrogen-bond donors (Lipinski definition) is 2. The maximum atomic E-state index is 6.10. The van der Waals surface area contributed by atoms with Crippen LogP contribution in [-0.2, 0) is 6.54 Å². The van der Waals surface area contributed by atoms with Gasteiger partial charge in [0.1, 0.15) is 11.3 Å². The molecular weight excluding hydrogens is 248 g/mol. The second-order valence-corrected chi connectivity index (χ2v) is 4.37. The monoisotopic (exact) mass is 258 g/mol. The van der Waals surface area contributed by atoms with Gasteiger partial charge in [-0.15, -0.1) is 0 Å². The number of fused-ring (bicyclic) bond motifs is 1. The van der Waals surface area contributed by atoms with Crippen LogP contribution >= 0.6 is 11.6 Å². The van der Waals surface area contributed by atoms with Gasteiger partial charge < -0.3 is 10.7 Å².